The Morgan fingerprint density at radius 1 is 1.35 bits per heavy atom. The average Bonchev–Trinajstić information content (AvgIpc) is 2.26. The zero-order chi connectivity index (χ0) is 13.0. The Morgan fingerprint density at radius 3 is 2.29 bits per heavy atom. The molecule has 0 heterocycles. The van der Waals surface area contributed by atoms with Gasteiger partial charge in [0.2, 0.25) is 0 Å². The lowest BCUT2D eigenvalue weighted by Crippen LogP contribution is -2.32. The van der Waals surface area contributed by atoms with Crippen LogP contribution in [0.5, 0.6) is 0 Å². The first-order valence-corrected chi connectivity index (χ1v) is 6.01. The summed E-state index contributed by atoms with van der Waals surface area (Å²) in [6.45, 7) is 9.31. The quantitative estimate of drug-likeness (QED) is 0.853. The molecule has 1 rings (SSSR count). The minimum atomic E-state index is -0.741. The van der Waals surface area contributed by atoms with Crippen molar-refractivity contribution in [3.8, 4) is 0 Å². The van der Waals surface area contributed by atoms with Gasteiger partial charge in [0, 0.05) is 18.8 Å². The van der Waals surface area contributed by atoms with Crippen LogP contribution in [-0.2, 0) is 4.79 Å². The lowest BCUT2D eigenvalue weighted by molar-refractivity contribution is -0.140. The predicted molar refractivity (Wildman–Crippen MR) is 70.6 cm³/mol. The molecule has 0 spiro atoms. The Balaban J connectivity index is 2.98. The first kappa shape index (κ1) is 13.6. The highest BCUT2D eigenvalue weighted by molar-refractivity contribution is 5.71. The molecule has 0 saturated heterocycles. The number of carboxylic acid groups (broad SMARTS) is 1. The predicted octanol–water partition coefficient (Wildman–Crippen LogP) is 2.85. The molecule has 0 aliphatic rings. The number of para-hydroxylation sites is 1. The van der Waals surface area contributed by atoms with Crippen LogP contribution in [0.25, 0.3) is 0 Å². The van der Waals surface area contributed by atoms with Crippen LogP contribution in [0.4, 0.5) is 5.69 Å². The second-order valence-corrected chi connectivity index (χ2v) is 4.52. The van der Waals surface area contributed by atoms with Gasteiger partial charge in [-0.25, -0.2) is 0 Å². The molecular formula is C14H21NO2. The number of aryl methyl sites for hydroxylation is 2. The molecule has 0 amide bonds. The zero-order valence-corrected chi connectivity index (χ0v) is 11.0. The van der Waals surface area contributed by atoms with Crippen molar-refractivity contribution in [3.63, 3.8) is 0 Å². The minimum Gasteiger partial charge on any atom is -0.481 e. The summed E-state index contributed by atoms with van der Waals surface area (Å²) < 4.78 is 0. The fourth-order valence-corrected chi connectivity index (χ4v) is 2.09. The van der Waals surface area contributed by atoms with Gasteiger partial charge in [-0.05, 0) is 31.9 Å². The van der Waals surface area contributed by atoms with E-state index < -0.39 is 5.97 Å². The summed E-state index contributed by atoms with van der Waals surface area (Å²) in [5, 5.41) is 8.99. The summed E-state index contributed by atoms with van der Waals surface area (Å²) in [7, 11) is 0. The Bertz CT molecular complexity index is 381. The largest absolute Gasteiger partial charge is 0.481 e. The summed E-state index contributed by atoms with van der Waals surface area (Å²) in [6.07, 6.45) is 0. The molecule has 0 aliphatic heterocycles. The number of carboxylic acids is 1. The fourth-order valence-electron chi connectivity index (χ4n) is 2.09. The highest BCUT2D eigenvalue weighted by Gasteiger charge is 2.17. The average molecular weight is 235 g/mol. The summed E-state index contributed by atoms with van der Waals surface area (Å²) in [4.78, 5) is 13.1. The van der Waals surface area contributed by atoms with E-state index in [2.05, 4.69) is 37.8 Å². The van der Waals surface area contributed by atoms with Crippen molar-refractivity contribution in [3.05, 3.63) is 29.3 Å². The Hall–Kier alpha value is -1.51. The summed E-state index contributed by atoms with van der Waals surface area (Å²) in [5.41, 5.74) is 3.57. The van der Waals surface area contributed by atoms with Gasteiger partial charge in [0.25, 0.3) is 0 Å². The van der Waals surface area contributed by atoms with E-state index in [1.807, 2.05) is 6.07 Å². The third-order valence-electron chi connectivity index (χ3n) is 3.05. The monoisotopic (exact) mass is 235 g/mol. The van der Waals surface area contributed by atoms with Crippen molar-refractivity contribution in [1.29, 1.82) is 0 Å². The topological polar surface area (TPSA) is 40.5 Å². The van der Waals surface area contributed by atoms with Crippen molar-refractivity contribution in [2.45, 2.75) is 27.7 Å². The maximum absolute atomic E-state index is 10.9. The van der Waals surface area contributed by atoms with Gasteiger partial charge >= 0.3 is 5.97 Å². The summed E-state index contributed by atoms with van der Waals surface area (Å²) >= 11 is 0. The number of carbonyl (C=O) groups is 1. The second kappa shape index (κ2) is 5.71. The smallest absolute Gasteiger partial charge is 0.308 e. The summed E-state index contributed by atoms with van der Waals surface area (Å²) in [5.74, 6) is -1.09. The first-order chi connectivity index (χ1) is 7.97. The third kappa shape index (κ3) is 3.22. The van der Waals surface area contributed by atoms with Crippen LogP contribution < -0.4 is 4.90 Å². The Labute approximate surface area is 103 Å². The molecule has 1 aromatic carbocycles. The molecule has 0 saturated carbocycles. The highest BCUT2D eigenvalue weighted by Crippen LogP contribution is 2.25. The van der Waals surface area contributed by atoms with Gasteiger partial charge in [0.1, 0.15) is 0 Å². The third-order valence-corrected chi connectivity index (χ3v) is 3.05. The number of aliphatic carboxylic acids is 1. The van der Waals surface area contributed by atoms with Crippen molar-refractivity contribution in [2.24, 2.45) is 5.92 Å². The second-order valence-electron chi connectivity index (χ2n) is 4.52. The Morgan fingerprint density at radius 2 is 1.88 bits per heavy atom. The normalized spacial score (nSPS) is 12.2. The molecular weight excluding hydrogens is 214 g/mol. The van der Waals surface area contributed by atoms with Gasteiger partial charge < -0.3 is 10.0 Å². The van der Waals surface area contributed by atoms with Crippen LogP contribution in [0.2, 0.25) is 0 Å². The first-order valence-electron chi connectivity index (χ1n) is 6.01. The van der Waals surface area contributed by atoms with Crippen LogP contribution in [0.15, 0.2) is 18.2 Å². The molecule has 1 N–H and O–H groups in total. The molecule has 0 aliphatic carbocycles. The molecule has 1 atom stereocenters. The van der Waals surface area contributed by atoms with Crippen LogP contribution in [0.1, 0.15) is 25.0 Å². The standard InChI is InChI=1S/C14H21NO2/c1-5-15(9-12(4)14(16)17)13-10(2)7-6-8-11(13)3/h6-8,12H,5,9H2,1-4H3,(H,16,17). The molecule has 17 heavy (non-hydrogen) atoms. The van der Waals surface area contributed by atoms with Gasteiger partial charge in [-0.15, -0.1) is 0 Å². The maximum atomic E-state index is 10.9. The van der Waals surface area contributed by atoms with Crippen molar-refractivity contribution in [2.75, 3.05) is 18.0 Å². The van der Waals surface area contributed by atoms with E-state index in [-0.39, 0.29) is 5.92 Å². The summed E-state index contributed by atoms with van der Waals surface area (Å²) in [6, 6.07) is 6.16. The molecule has 0 radical (unpaired) electrons. The molecule has 0 aromatic heterocycles. The van der Waals surface area contributed by atoms with Gasteiger partial charge in [0.05, 0.1) is 5.92 Å². The zero-order valence-electron chi connectivity index (χ0n) is 11.0. The molecule has 0 fully saturated rings. The van der Waals surface area contributed by atoms with E-state index in [9.17, 15) is 4.79 Å². The van der Waals surface area contributed by atoms with E-state index in [1.165, 1.54) is 16.8 Å². The van der Waals surface area contributed by atoms with Crippen LogP contribution in [-0.4, -0.2) is 24.2 Å². The molecule has 94 valence electrons. The van der Waals surface area contributed by atoms with Crippen LogP contribution in [0, 0.1) is 19.8 Å². The highest BCUT2D eigenvalue weighted by atomic mass is 16.4. The van der Waals surface area contributed by atoms with Gasteiger partial charge in [0.15, 0.2) is 0 Å². The minimum absolute atomic E-state index is 0.353. The molecule has 1 aromatic rings. The Kier molecular flexibility index (Phi) is 4.55. The molecule has 0 bridgehead atoms. The number of hydrogen-bond donors (Lipinski definition) is 1. The van der Waals surface area contributed by atoms with Crippen molar-refractivity contribution in [1.82, 2.24) is 0 Å². The van der Waals surface area contributed by atoms with Crippen molar-refractivity contribution >= 4 is 11.7 Å². The maximum Gasteiger partial charge on any atom is 0.308 e. The van der Waals surface area contributed by atoms with Gasteiger partial charge in [-0.1, -0.05) is 25.1 Å². The number of rotatable bonds is 5. The van der Waals surface area contributed by atoms with E-state index in [1.54, 1.807) is 6.92 Å². The lowest BCUT2D eigenvalue weighted by Gasteiger charge is -2.28. The van der Waals surface area contributed by atoms with Gasteiger partial charge in [-0.3, -0.25) is 4.79 Å². The SMILES string of the molecule is CCN(CC(C)C(=O)O)c1c(C)cccc1C. The molecule has 1 unspecified atom stereocenters. The van der Waals surface area contributed by atoms with Crippen LogP contribution in [0.3, 0.4) is 0 Å². The molecule has 3 nitrogen and oxygen atoms in total. The lowest BCUT2D eigenvalue weighted by atomic mass is 10.1. The fraction of sp³-hybridized carbons (Fsp3) is 0.500. The number of benzene rings is 1. The van der Waals surface area contributed by atoms with E-state index in [0.29, 0.717) is 6.54 Å². The number of anilines is 1. The van der Waals surface area contributed by atoms with E-state index in [4.69, 9.17) is 5.11 Å². The molecule has 3 heteroatoms. The number of nitrogens with zero attached hydrogens (tertiary/aromatic N) is 1. The number of hydrogen-bond acceptors (Lipinski definition) is 2. The van der Waals surface area contributed by atoms with Crippen LogP contribution >= 0.6 is 0 Å². The van der Waals surface area contributed by atoms with E-state index >= 15 is 0 Å². The van der Waals surface area contributed by atoms with Gasteiger partial charge in [-0.2, -0.15) is 0 Å². The van der Waals surface area contributed by atoms with Crippen molar-refractivity contribution < 1.29 is 9.90 Å². The van der Waals surface area contributed by atoms with E-state index in [0.717, 1.165) is 6.54 Å².